The SMILES string of the molecule is O=C(c1c(F)ccc([N+](=O)[O-])c1F)N1CCOCC1CCl. The molecule has 0 aromatic heterocycles. The Labute approximate surface area is 123 Å². The molecule has 0 saturated carbocycles. The van der Waals surface area contributed by atoms with Crippen LogP contribution in [0.25, 0.3) is 0 Å². The molecule has 1 amide bonds. The highest BCUT2D eigenvalue weighted by Crippen LogP contribution is 2.25. The third-order valence-electron chi connectivity index (χ3n) is 3.15. The van der Waals surface area contributed by atoms with Gasteiger partial charge in [0.05, 0.1) is 24.2 Å². The van der Waals surface area contributed by atoms with Gasteiger partial charge in [-0.2, -0.15) is 4.39 Å². The Hall–Kier alpha value is -1.80. The number of carbonyl (C=O) groups is 1. The Morgan fingerprint density at radius 3 is 2.86 bits per heavy atom. The van der Waals surface area contributed by atoms with E-state index in [1.165, 1.54) is 4.90 Å². The van der Waals surface area contributed by atoms with Crippen molar-refractivity contribution in [1.29, 1.82) is 0 Å². The highest BCUT2D eigenvalue weighted by Gasteiger charge is 2.33. The van der Waals surface area contributed by atoms with Crippen LogP contribution in [-0.2, 0) is 4.74 Å². The van der Waals surface area contributed by atoms with Crippen LogP contribution >= 0.6 is 11.6 Å². The fourth-order valence-electron chi connectivity index (χ4n) is 2.07. The Bertz CT molecular complexity index is 585. The minimum absolute atomic E-state index is 0.0317. The van der Waals surface area contributed by atoms with Gasteiger partial charge in [-0.15, -0.1) is 11.6 Å². The zero-order valence-corrected chi connectivity index (χ0v) is 11.5. The smallest absolute Gasteiger partial charge is 0.305 e. The van der Waals surface area contributed by atoms with Crippen molar-refractivity contribution in [2.45, 2.75) is 6.04 Å². The Balaban J connectivity index is 2.42. The molecular formula is C12H11ClF2N2O4. The summed E-state index contributed by atoms with van der Waals surface area (Å²) in [7, 11) is 0. The molecule has 0 bridgehead atoms. The molecule has 1 aliphatic heterocycles. The van der Waals surface area contributed by atoms with Gasteiger partial charge < -0.3 is 9.64 Å². The van der Waals surface area contributed by atoms with Crippen molar-refractivity contribution in [2.75, 3.05) is 25.6 Å². The number of rotatable bonds is 3. The second-order valence-corrected chi connectivity index (χ2v) is 4.70. The molecule has 21 heavy (non-hydrogen) atoms. The maximum atomic E-state index is 14.0. The van der Waals surface area contributed by atoms with Gasteiger partial charge in [0.25, 0.3) is 5.91 Å². The van der Waals surface area contributed by atoms with Gasteiger partial charge in [0.15, 0.2) is 0 Å². The average Bonchev–Trinajstić information content (AvgIpc) is 2.46. The second-order valence-electron chi connectivity index (χ2n) is 4.39. The number of carbonyl (C=O) groups excluding carboxylic acids is 1. The van der Waals surface area contributed by atoms with Gasteiger partial charge >= 0.3 is 5.69 Å². The van der Waals surface area contributed by atoms with E-state index < -0.39 is 39.8 Å². The van der Waals surface area contributed by atoms with E-state index in [1.807, 2.05) is 0 Å². The zero-order valence-electron chi connectivity index (χ0n) is 10.7. The number of amides is 1. The summed E-state index contributed by atoms with van der Waals surface area (Å²) in [5.74, 6) is -3.57. The number of nitrogens with zero attached hydrogens (tertiary/aromatic N) is 2. The number of hydrogen-bond acceptors (Lipinski definition) is 4. The number of hydrogen-bond donors (Lipinski definition) is 0. The number of morpholine rings is 1. The van der Waals surface area contributed by atoms with E-state index in [0.717, 1.165) is 0 Å². The quantitative estimate of drug-likeness (QED) is 0.485. The fraction of sp³-hybridized carbons (Fsp3) is 0.417. The van der Waals surface area contributed by atoms with E-state index in [1.54, 1.807) is 0 Å². The molecule has 0 radical (unpaired) electrons. The molecule has 1 saturated heterocycles. The lowest BCUT2D eigenvalue weighted by Gasteiger charge is -2.34. The van der Waals surface area contributed by atoms with E-state index in [9.17, 15) is 23.7 Å². The summed E-state index contributed by atoms with van der Waals surface area (Å²) in [6.07, 6.45) is 0. The molecule has 1 aromatic carbocycles. The standard InChI is InChI=1S/C12H11ClF2N2O4/c13-5-7-6-21-4-3-16(7)12(18)10-8(14)1-2-9(11(10)15)17(19)20/h1-2,7H,3-6H2. The summed E-state index contributed by atoms with van der Waals surface area (Å²) in [6, 6.07) is 0.843. The molecule has 0 spiro atoms. The van der Waals surface area contributed by atoms with Crippen molar-refractivity contribution in [3.8, 4) is 0 Å². The van der Waals surface area contributed by atoms with Gasteiger partial charge in [-0.05, 0) is 6.07 Å². The van der Waals surface area contributed by atoms with Gasteiger partial charge in [0, 0.05) is 18.5 Å². The Morgan fingerprint density at radius 2 is 2.24 bits per heavy atom. The molecule has 1 heterocycles. The van der Waals surface area contributed by atoms with Crippen molar-refractivity contribution in [3.63, 3.8) is 0 Å². The average molecular weight is 321 g/mol. The molecule has 1 fully saturated rings. The monoisotopic (exact) mass is 320 g/mol. The van der Waals surface area contributed by atoms with E-state index in [2.05, 4.69) is 0 Å². The molecule has 1 aliphatic rings. The van der Waals surface area contributed by atoms with E-state index in [4.69, 9.17) is 16.3 Å². The molecule has 1 aromatic rings. The van der Waals surface area contributed by atoms with Gasteiger partial charge in [0.1, 0.15) is 11.4 Å². The minimum atomic E-state index is -1.48. The van der Waals surface area contributed by atoms with Gasteiger partial charge in [-0.25, -0.2) is 4.39 Å². The van der Waals surface area contributed by atoms with E-state index in [0.29, 0.717) is 12.1 Å². The highest BCUT2D eigenvalue weighted by molar-refractivity contribution is 6.18. The first kappa shape index (κ1) is 15.6. The van der Waals surface area contributed by atoms with Crippen molar-refractivity contribution in [3.05, 3.63) is 39.4 Å². The fourth-order valence-corrected chi connectivity index (χ4v) is 2.33. The summed E-state index contributed by atoms with van der Waals surface area (Å²) in [5, 5.41) is 10.7. The van der Waals surface area contributed by atoms with Crippen LogP contribution in [0.3, 0.4) is 0 Å². The molecule has 114 valence electrons. The maximum absolute atomic E-state index is 14.0. The van der Waals surface area contributed by atoms with Crippen LogP contribution in [0.2, 0.25) is 0 Å². The molecule has 1 unspecified atom stereocenters. The molecule has 2 rings (SSSR count). The van der Waals surface area contributed by atoms with Crippen LogP contribution in [0.1, 0.15) is 10.4 Å². The van der Waals surface area contributed by atoms with Crippen molar-refractivity contribution < 1.29 is 23.2 Å². The predicted molar refractivity (Wildman–Crippen MR) is 69.4 cm³/mol. The molecule has 6 nitrogen and oxygen atoms in total. The summed E-state index contributed by atoms with van der Waals surface area (Å²) in [6.45, 7) is 0.461. The third-order valence-corrected chi connectivity index (χ3v) is 3.50. The summed E-state index contributed by atoms with van der Waals surface area (Å²) in [4.78, 5) is 23.1. The van der Waals surface area contributed by atoms with Gasteiger partial charge in [-0.3, -0.25) is 14.9 Å². The van der Waals surface area contributed by atoms with Crippen molar-refractivity contribution in [1.82, 2.24) is 4.90 Å². The molecule has 0 aliphatic carbocycles. The minimum Gasteiger partial charge on any atom is -0.377 e. The first-order valence-corrected chi connectivity index (χ1v) is 6.58. The molecular weight excluding hydrogens is 310 g/mol. The van der Waals surface area contributed by atoms with Crippen LogP contribution in [0.4, 0.5) is 14.5 Å². The molecule has 9 heteroatoms. The van der Waals surface area contributed by atoms with Crippen LogP contribution in [-0.4, -0.2) is 47.4 Å². The number of ether oxygens (including phenoxy) is 1. The topological polar surface area (TPSA) is 72.7 Å². The zero-order chi connectivity index (χ0) is 15.6. The maximum Gasteiger partial charge on any atom is 0.305 e. The number of nitro benzene ring substituents is 1. The third kappa shape index (κ3) is 2.96. The number of alkyl halides is 1. The first-order valence-electron chi connectivity index (χ1n) is 6.04. The summed E-state index contributed by atoms with van der Waals surface area (Å²) < 4.78 is 32.9. The number of benzene rings is 1. The van der Waals surface area contributed by atoms with E-state index in [-0.39, 0.29) is 25.6 Å². The van der Waals surface area contributed by atoms with E-state index >= 15 is 0 Å². The number of nitro groups is 1. The van der Waals surface area contributed by atoms with Crippen LogP contribution in [0.15, 0.2) is 12.1 Å². The van der Waals surface area contributed by atoms with Crippen molar-refractivity contribution >= 4 is 23.2 Å². The number of halogens is 3. The van der Waals surface area contributed by atoms with Gasteiger partial charge in [0.2, 0.25) is 5.82 Å². The second kappa shape index (κ2) is 6.31. The predicted octanol–water partition coefficient (Wildman–Crippen LogP) is 1.95. The lowest BCUT2D eigenvalue weighted by Crippen LogP contribution is -2.50. The van der Waals surface area contributed by atoms with Crippen molar-refractivity contribution in [2.24, 2.45) is 0 Å². The summed E-state index contributed by atoms with van der Waals surface area (Å²) in [5.41, 5.74) is -1.89. The largest absolute Gasteiger partial charge is 0.377 e. The van der Waals surface area contributed by atoms with Crippen LogP contribution in [0, 0.1) is 21.7 Å². The lowest BCUT2D eigenvalue weighted by molar-refractivity contribution is -0.387. The highest BCUT2D eigenvalue weighted by atomic mass is 35.5. The summed E-state index contributed by atoms with van der Waals surface area (Å²) >= 11 is 5.70. The molecule has 1 atom stereocenters. The van der Waals surface area contributed by atoms with Crippen LogP contribution < -0.4 is 0 Å². The first-order chi connectivity index (χ1) is 9.97. The van der Waals surface area contributed by atoms with Crippen LogP contribution in [0.5, 0.6) is 0 Å². The van der Waals surface area contributed by atoms with Gasteiger partial charge in [-0.1, -0.05) is 0 Å². The Kier molecular flexibility index (Phi) is 4.69. The normalized spacial score (nSPS) is 18.6. The Morgan fingerprint density at radius 1 is 1.52 bits per heavy atom. The molecule has 0 N–H and O–H groups in total. The lowest BCUT2D eigenvalue weighted by atomic mass is 10.1.